The number of nitrogens with two attached hydrogens (primary N) is 2. The second-order valence-corrected chi connectivity index (χ2v) is 9.58. The van der Waals surface area contributed by atoms with Gasteiger partial charge in [-0.25, -0.2) is 4.79 Å². The number of hydrogen-bond acceptors (Lipinski definition) is 8. The van der Waals surface area contributed by atoms with E-state index in [0.717, 1.165) is 5.56 Å². The Labute approximate surface area is 217 Å². The molecule has 0 aliphatic carbocycles. The van der Waals surface area contributed by atoms with Crippen LogP contribution in [0.1, 0.15) is 52.0 Å². The van der Waals surface area contributed by atoms with Crippen LogP contribution >= 0.6 is 0 Å². The minimum atomic E-state index is -1.44. The Hall–Kier alpha value is -3.22. The smallest absolute Gasteiger partial charge is 0.326 e. The van der Waals surface area contributed by atoms with Crippen LogP contribution in [0.5, 0.6) is 5.75 Å². The van der Waals surface area contributed by atoms with Crippen LogP contribution in [-0.4, -0.2) is 75.8 Å². The predicted octanol–water partition coefficient (Wildman–Crippen LogP) is -0.643. The van der Waals surface area contributed by atoms with Gasteiger partial charge in [0.25, 0.3) is 0 Å². The third-order valence-corrected chi connectivity index (χ3v) is 5.69. The molecule has 3 amide bonds. The van der Waals surface area contributed by atoms with Crippen LogP contribution in [0.25, 0.3) is 0 Å². The van der Waals surface area contributed by atoms with Gasteiger partial charge in [-0.05, 0) is 69.2 Å². The monoisotopic (exact) mass is 523 g/mol. The minimum Gasteiger partial charge on any atom is -0.508 e. The van der Waals surface area contributed by atoms with E-state index >= 15 is 0 Å². The molecule has 1 rings (SSSR count). The van der Waals surface area contributed by atoms with Crippen molar-refractivity contribution >= 4 is 23.7 Å². The number of phenolic OH excluding ortho intramolecular Hbond substituents is 1. The number of aliphatic hydroxyl groups is 1. The lowest BCUT2D eigenvalue weighted by atomic mass is 10.0. The maximum absolute atomic E-state index is 13.1. The van der Waals surface area contributed by atoms with Gasteiger partial charge in [0.1, 0.15) is 23.9 Å². The Balaban J connectivity index is 2.90. The molecule has 5 unspecified atom stereocenters. The van der Waals surface area contributed by atoms with E-state index in [9.17, 15) is 34.5 Å². The van der Waals surface area contributed by atoms with Crippen molar-refractivity contribution < 1.29 is 34.5 Å². The normalized spacial score (nSPS) is 15.2. The Morgan fingerprint density at radius 1 is 0.892 bits per heavy atom. The van der Waals surface area contributed by atoms with E-state index in [2.05, 4.69) is 16.0 Å². The highest BCUT2D eigenvalue weighted by Crippen LogP contribution is 2.12. The van der Waals surface area contributed by atoms with Gasteiger partial charge < -0.3 is 42.7 Å². The summed E-state index contributed by atoms with van der Waals surface area (Å²) in [6.07, 6.45) is 0.267. The average molecular weight is 524 g/mol. The second kappa shape index (κ2) is 15.8. The summed E-state index contributed by atoms with van der Waals surface area (Å²) in [6.45, 7) is 5.37. The summed E-state index contributed by atoms with van der Waals surface area (Å²) in [7, 11) is 0. The maximum Gasteiger partial charge on any atom is 0.326 e. The van der Waals surface area contributed by atoms with Gasteiger partial charge in [-0.1, -0.05) is 26.0 Å². The number of carboxylic acids is 1. The zero-order valence-electron chi connectivity index (χ0n) is 21.6. The van der Waals surface area contributed by atoms with E-state index in [4.69, 9.17) is 11.5 Å². The third kappa shape index (κ3) is 11.6. The van der Waals surface area contributed by atoms with Gasteiger partial charge in [0.15, 0.2) is 0 Å². The molecular formula is C25H41N5O7. The molecule has 0 aliphatic heterocycles. The third-order valence-electron chi connectivity index (χ3n) is 5.69. The second-order valence-electron chi connectivity index (χ2n) is 9.58. The predicted molar refractivity (Wildman–Crippen MR) is 137 cm³/mol. The number of aliphatic hydroxyl groups excluding tert-OH is 1. The molecule has 12 nitrogen and oxygen atoms in total. The molecule has 0 radical (unpaired) electrons. The van der Waals surface area contributed by atoms with Crippen LogP contribution in [0.2, 0.25) is 0 Å². The van der Waals surface area contributed by atoms with E-state index < -0.39 is 54.0 Å². The van der Waals surface area contributed by atoms with Crippen LogP contribution in [-0.2, 0) is 25.6 Å². The zero-order valence-corrected chi connectivity index (χ0v) is 21.6. The number of carboxylic acid groups (broad SMARTS) is 1. The molecule has 208 valence electrons. The standard InChI is InChI=1S/C25H41N5O7/c1-14(2)12-20(29-22(33)18(27)13-16-7-9-17(32)10-8-16)23(34)30-21(15(3)31)24(35)28-19(25(36)37)6-4-5-11-26/h7-10,14-15,18-21,31-32H,4-6,11-13,26-27H2,1-3H3,(H,28,35)(H,29,33)(H,30,34)(H,36,37). The summed E-state index contributed by atoms with van der Waals surface area (Å²) in [6, 6.07) is 1.54. The topological polar surface area (TPSA) is 217 Å². The van der Waals surface area contributed by atoms with Gasteiger partial charge in [0.05, 0.1) is 12.1 Å². The molecule has 1 aromatic carbocycles. The largest absolute Gasteiger partial charge is 0.508 e. The number of aliphatic carboxylic acids is 1. The van der Waals surface area contributed by atoms with Crippen molar-refractivity contribution in [2.24, 2.45) is 17.4 Å². The quantitative estimate of drug-likeness (QED) is 0.129. The number of benzene rings is 1. The first-order valence-electron chi connectivity index (χ1n) is 12.4. The number of aromatic hydroxyl groups is 1. The highest BCUT2D eigenvalue weighted by atomic mass is 16.4. The highest BCUT2D eigenvalue weighted by molar-refractivity contribution is 5.94. The zero-order chi connectivity index (χ0) is 28.1. The van der Waals surface area contributed by atoms with Crippen molar-refractivity contribution in [2.45, 2.75) is 83.1 Å². The fourth-order valence-corrected chi connectivity index (χ4v) is 3.63. The van der Waals surface area contributed by atoms with E-state index in [1.807, 2.05) is 13.8 Å². The number of phenols is 1. The van der Waals surface area contributed by atoms with Crippen LogP contribution in [0.4, 0.5) is 0 Å². The Bertz CT molecular complexity index is 892. The molecule has 12 heteroatoms. The van der Waals surface area contributed by atoms with Crippen molar-refractivity contribution in [3.8, 4) is 5.75 Å². The van der Waals surface area contributed by atoms with Gasteiger partial charge >= 0.3 is 5.97 Å². The van der Waals surface area contributed by atoms with Crippen LogP contribution < -0.4 is 27.4 Å². The summed E-state index contributed by atoms with van der Waals surface area (Å²) >= 11 is 0. The van der Waals surface area contributed by atoms with E-state index in [1.165, 1.54) is 19.1 Å². The van der Waals surface area contributed by atoms with E-state index in [-0.39, 0.29) is 30.9 Å². The summed E-state index contributed by atoms with van der Waals surface area (Å²) < 4.78 is 0. The maximum atomic E-state index is 13.1. The Kier molecular flexibility index (Phi) is 13.6. The minimum absolute atomic E-state index is 0.0119. The molecule has 1 aromatic rings. The van der Waals surface area contributed by atoms with Gasteiger partial charge in [0.2, 0.25) is 17.7 Å². The summed E-state index contributed by atoms with van der Waals surface area (Å²) in [5.41, 5.74) is 12.2. The molecule has 0 saturated carbocycles. The number of carbonyl (C=O) groups excluding carboxylic acids is 3. The molecule has 10 N–H and O–H groups in total. The first-order chi connectivity index (χ1) is 17.3. The molecule has 5 atom stereocenters. The lowest BCUT2D eigenvalue weighted by Crippen LogP contribution is -2.60. The Morgan fingerprint density at radius 3 is 2.00 bits per heavy atom. The first kappa shape index (κ1) is 31.8. The molecule has 0 aromatic heterocycles. The molecule has 0 bridgehead atoms. The van der Waals surface area contributed by atoms with Gasteiger partial charge in [-0.3, -0.25) is 14.4 Å². The molecule has 0 saturated heterocycles. The lowest BCUT2D eigenvalue weighted by molar-refractivity contribution is -0.143. The molecule has 0 heterocycles. The first-order valence-corrected chi connectivity index (χ1v) is 12.4. The fourth-order valence-electron chi connectivity index (χ4n) is 3.63. The molecule has 0 aliphatic rings. The van der Waals surface area contributed by atoms with E-state index in [0.29, 0.717) is 19.4 Å². The fraction of sp³-hybridized carbons (Fsp3) is 0.600. The Morgan fingerprint density at radius 2 is 1.49 bits per heavy atom. The van der Waals surface area contributed by atoms with Crippen molar-refractivity contribution in [1.29, 1.82) is 0 Å². The summed E-state index contributed by atoms with van der Waals surface area (Å²) in [4.78, 5) is 50.1. The van der Waals surface area contributed by atoms with Gasteiger partial charge in [-0.2, -0.15) is 0 Å². The van der Waals surface area contributed by atoms with Crippen molar-refractivity contribution in [3.63, 3.8) is 0 Å². The number of nitrogens with one attached hydrogen (secondary N) is 3. The van der Waals surface area contributed by atoms with Crippen molar-refractivity contribution in [1.82, 2.24) is 16.0 Å². The van der Waals surface area contributed by atoms with E-state index in [1.54, 1.807) is 12.1 Å². The molecular weight excluding hydrogens is 482 g/mol. The number of carbonyl (C=O) groups is 4. The van der Waals surface area contributed by atoms with Crippen LogP contribution in [0.3, 0.4) is 0 Å². The number of hydrogen-bond donors (Lipinski definition) is 8. The SMILES string of the molecule is CC(C)CC(NC(=O)C(N)Cc1ccc(O)cc1)C(=O)NC(C(=O)NC(CCCCN)C(=O)O)C(C)O. The molecule has 0 fully saturated rings. The van der Waals surface area contributed by atoms with Crippen molar-refractivity contribution in [2.75, 3.05) is 6.54 Å². The average Bonchev–Trinajstić information content (AvgIpc) is 2.81. The molecule has 37 heavy (non-hydrogen) atoms. The number of unbranched alkanes of at least 4 members (excludes halogenated alkanes) is 1. The lowest BCUT2D eigenvalue weighted by Gasteiger charge is -2.27. The highest BCUT2D eigenvalue weighted by Gasteiger charge is 2.33. The van der Waals surface area contributed by atoms with Crippen LogP contribution in [0.15, 0.2) is 24.3 Å². The van der Waals surface area contributed by atoms with Gasteiger partial charge in [-0.15, -0.1) is 0 Å². The summed E-state index contributed by atoms with van der Waals surface area (Å²) in [5.74, 6) is -3.33. The molecule has 0 spiro atoms. The van der Waals surface area contributed by atoms with Gasteiger partial charge in [0, 0.05) is 0 Å². The summed E-state index contributed by atoms with van der Waals surface area (Å²) in [5, 5.41) is 36.4. The van der Waals surface area contributed by atoms with Crippen LogP contribution in [0, 0.1) is 5.92 Å². The van der Waals surface area contributed by atoms with Crippen molar-refractivity contribution in [3.05, 3.63) is 29.8 Å². The number of rotatable bonds is 16. The number of amides is 3.